The lowest BCUT2D eigenvalue weighted by Gasteiger charge is -2.08. The van der Waals surface area contributed by atoms with Gasteiger partial charge in [0.05, 0.1) is 0 Å². The van der Waals surface area contributed by atoms with Gasteiger partial charge < -0.3 is 4.74 Å². The number of carbonyl (C=O) groups excluding carboxylic acids is 1. The Hall–Kier alpha value is -2.47. The molecule has 0 fully saturated rings. The Morgan fingerprint density at radius 1 is 1.15 bits per heavy atom. The number of rotatable bonds is 4. The van der Waals surface area contributed by atoms with Crippen molar-refractivity contribution in [3.63, 3.8) is 0 Å². The number of hydrazine groups is 1. The van der Waals surface area contributed by atoms with Gasteiger partial charge in [-0.25, -0.2) is 14.6 Å². The van der Waals surface area contributed by atoms with Gasteiger partial charge in [-0.3, -0.25) is 10.2 Å². The first-order chi connectivity index (χ1) is 9.60. The molecular weight excluding hydrogens is 266 g/mol. The van der Waals surface area contributed by atoms with Crippen LogP contribution in [0.1, 0.15) is 15.9 Å². The Labute approximate surface area is 114 Å². The minimum atomic E-state index is -0.634. The summed E-state index contributed by atoms with van der Waals surface area (Å²) in [5, 5.41) is 0. The third-order valence-electron chi connectivity index (χ3n) is 2.63. The highest BCUT2D eigenvalue weighted by Crippen LogP contribution is 2.19. The average molecular weight is 278 g/mol. The number of halogens is 2. The number of benzene rings is 2. The van der Waals surface area contributed by atoms with E-state index in [9.17, 15) is 13.6 Å². The van der Waals surface area contributed by atoms with Crippen LogP contribution in [0.5, 0.6) is 5.75 Å². The average Bonchev–Trinajstić information content (AvgIpc) is 2.48. The normalized spacial score (nSPS) is 10.2. The van der Waals surface area contributed by atoms with Crippen molar-refractivity contribution in [2.24, 2.45) is 5.84 Å². The Bertz CT molecular complexity index is 615. The molecule has 0 aliphatic rings. The highest BCUT2D eigenvalue weighted by atomic mass is 19.1. The van der Waals surface area contributed by atoms with E-state index in [-0.39, 0.29) is 12.4 Å². The number of nitrogens with one attached hydrogen (secondary N) is 1. The summed E-state index contributed by atoms with van der Waals surface area (Å²) in [5.41, 5.74) is 3.12. The van der Waals surface area contributed by atoms with Crippen molar-refractivity contribution in [1.29, 1.82) is 0 Å². The van der Waals surface area contributed by atoms with Crippen molar-refractivity contribution in [1.82, 2.24) is 5.43 Å². The van der Waals surface area contributed by atoms with Crippen LogP contribution in [0.25, 0.3) is 0 Å². The standard InChI is InChI=1S/C14H12F2N2O2/c15-11-5-6-12(16)13(7-11)20-8-9-1-3-10(4-2-9)14(19)18-17/h1-7H,8,17H2,(H,18,19). The maximum atomic E-state index is 13.3. The lowest BCUT2D eigenvalue weighted by molar-refractivity contribution is 0.0953. The molecule has 1 amide bonds. The molecule has 3 N–H and O–H groups in total. The van der Waals surface area contributed by atoms with Crippen molar-refractivity contribution in [3.05, 3.63) is 65.2 Å². The van der Waals surface area contributed by atoms with Gasteiger partial charge in [-0.1, -0.05) is 12.1 Å². The molecule has 2 aromatic carbocycles. The fraction of sp³-hybridized carbons (Fsp3) is 0.0714. The highest BCUT2D eigenvalue weighted by molar-refractivity contribution is 5.93. The molecule has 0 aromatic heterocycles. The molecule has 0 heterocycles. The summed E-state index contributed by atoms with van der Waals surface area (Å²) in [6.45, 7) is 0.0604. The molecule has 104 valence electrons. The Morgan fingerprint density at radius 3 is 2.50 bits per heavy atom. The summed E-state index contributed by atoms with van der Waals surface area (Å²) in [5.74, 6) is 3.23. The second-order valence-electron chi connectivity index (χ2n) is 4.03. The van der Waals surface area contributed by atoms with E-state index in [1.165, 1.54) is 0 Å². The van der Waals surface area contributed by atoms with Gasteiger partial charge in [0, 0.05) is 11.6 Å². The second kappa shape index (κ2) is 6.12. The van der Waals surface area contributed by atoms with Crippen LogP contribution in [0.4, 0.5) is 8.78 Å². The molecule has 0 saturated carbocycles. The molecule has 4 nitrogen and oxygen atoms in total. The van der Waals surface area contributed by atoms with E-state index in [0.29, 0.717) is 11.1 Å². The van der Waals surface area contributed by atoms with Crippen LogP contribution in [-0.2, 0) is 6.61 Å². The van der Waals surface area contributed by atoms with Gasteiger partial charge in [-0.05, 0) is 29.8 Å². The first-order valence-corrected chi connectivity index (χ1v) is 5.78. The number of hydrogen-bond donors (Lipinski definition) is 2. The van der Waals surface area contributed by atoms with Crippen molar-refractivity contribution in [3.8, 4) is 5.75 Å². The molecule has 0 aliphatic carbocycles. The topological polar surface area (TPSA) is 64.3 Å². The molecule has 0 radical (unpaired) electrons. The molecule has 0 bridgehead atoms. The van der Waals surface area contributed by atoms with Crippen molar-refractivity contribution >= 4 is 5.91 Å². The Balaban J connectivity index is 2.04. The van der Waals surface area contributed by atoms with Gasteiger partial charge in [0.15, 0.2) is 11.6 Å². The molecule has 0 unspecified atom stereocenters. The SMILES string of the molecule is NNC(=O)c1ccc(COc2cc(F)ccc2F)cc1. The first-order valence-electron chi connectivity index (χ1n) is 5.78. The molecule has 0 saturated heterocycles. The number of carbonyl (C=O) groups is 1. The number of hydrogen-bond acceptors (Lipinski definition) is 3. The fourth-order valence-corrected chi connectivity index (χ4v) is 1.58. The van der Waals surface area contributed by atoms with E-state index >= 15 is 0 Å². The Morgan fingerprint density at radius 2 is 1.85 bits per heavy atom. The zero-order valence-electron chi connectivity index (χ0n) is 10.4. The number of nitrogens with two attached hydrogens (primary N) is 1. The summed E-state index contributed by atoms with van der Waals surface area (Å²) in [7, 11) is 0. The zero-order valence-corrected chi connectivity index (χ0v) is 10.4. The van der Waals surface area contributed by atoms with Crippen LogP contribution in [0, 0.1) is 11.6 Å². The molecule has 0 aliphatic heterocycles. The van der Waals surface area contributed by atoms with E-state index in [1.54, 1.807) is 24.3 Å². The molecule has 0 atom stereocenters. The van der Waals surface area contributed by atoms with Gasteiger partial charge in [0.2, 0.25) is 0 Å². The quantitative estimate of drug-likeness (QED) is 0.511. The number of ether oxygens (including phenoxy) is 1. The van der Waals surface area contributed by atoms with Crippen LogP contribution < -0.4 is 16.0 Å². The molecular formula is C14H12F2N2O2. The number of nitrogen functional groups attached to an aromatic ring is 1. The summed E-state index contributed by atoms with van der Waals surface area (Å²) in [6.07, 6.45) is 0. The van der Waals surface area contributed by atoms with Crippen molar-refractivity contribution in [2.75, 3.05) is 0 Å². The predicted octanol–water partition coefficient (Wildman–Crippen LogP) is 2.15. The molecule has 2 rings (SSSR count). The van der Waals surface area contributed by atoms with Gasteiger partial charge >= 0.3 is 0 Å². The summed E-state index contributed by atoms with van der Waals surface area (Å²) >= 11 is 0. The van der Waals surface area contributed by atoms with Gasteiger partial charge in [-0.2, -0.15) is 0 Å². The maximum Gasteiger partial charge on any atom is 0.265 e. The van der Waals surface area contributed by atoms with Gasteiger partial charge in [0.1, 0.15) is 12.4 Å². The fourth-order valence-electron chi connectivity index (χ4n) is 1.58. The lowest BCUT2D eigenvalue weighted by Crippen LogP contribution is -2.29. The summed E-state index contributed by atoms with van der Waals surface area (Å²) < 4.78 is 31.5. The van der Waals surface area contributed by atoms with Gasteiger partial charge in [-0.15, -0.1) is 0 Å². The summed E-state index contributed by atoms with van der Waals surface area (Å²) in [4.78, 5) is 11.2. The smallest absolute Gasteiger partial charge is 0.265 e. The van der Waals surface area contributed by atoms with E-state index in [2.05, 4.69) is 0 Å². The van der Waals surface area contributed by atoms with E-state index in [4.69, 9.17) is 10.6 Å². The van der Waals surface area contributed by atoms with Crippen molar-refractivity contribution in [2.45, 2.75) is 6.61 Å². The van der Waals surface area contributed by atoms with Crippen LogP contribution in [0.15, 0.2) is 42.5 Å². The lowest BCUT2D eigenvalue weighted by atomic mass is 10.1. The van der Waals surface area contributed by atoms with Crippen LogP contribution in [0.3, 0.4) is 0 Å². The van der Waals surface area contributed by atoms with E-state index in [0.717, 1.165) is 18.2 Å². The number of amides is 1. The van der Waals surface area contributed by atoms with Crippen molar-refractivity contribution < 1.29 is 18.3 Å². The summed E-state index contributed by atoms with van der Waals surface area (Å²) in [6, 6.07) is 9.39. The molecule has 6 heteroatoms. The van der Waals surface area contributed by atoms with Crippen LogP contribution >= 0.6 is 0 Å². The minimum absolute atomic E-state index is 0.0604. The van der Waals surface area contributed by atoms with E-state index in [1.807, 2.05) is 5.43 Å². The monoisotopic (exact) mass is 278 g/mol. The third kappa shape index (κ3) is 3.30. The Kier molecular flexibility index (Phi) is 4.27. The third-order valence-corrected chi connectivity index (χ3v) is 2.63. The second-order valence-corrected chi connectivity index (χ2v) is 4.03. The predicted molar refractivity (Wildman–Crippen MR) is 68.8 cm³/mol. The van der Waals surface area contributed by atoms with Crippen LogP contribution in [0.2, 0.25) is 0 Å². The first kappa shape index (κ1) is 14.0. The maximum absolute atomic E-state index is 13.3. The minimum Gasteiger partial charge on any atom is -0.486 e. The van der Waals surface area contributed by atoms with Crippen LogP contribution in [-0.4, -0.2) is 5.91 Å². The van der Waals surface area contributed by atoms with E-state index < -0.39 is 17.5 Å². The van der Waals surface area contributed by atoms with Gasteiger partial charge in [0.25, 0.3) is 5.91 Å². The molecule has 20 heavy (non-hydrogen) atoms. The zero-order chi connectivity index (χ0) is 14.5. The molecule has 0 spiro atoms. The highest BCUT2D eigenvalue weighted by Gasteiger charge is 2.06. The molecule has 2 aromatic rings. The largest absolute Gasteiger partial charge is 0.486 e.